The highest BCUT2D eigenvalue weighted by molar-refractivity contribution is 5.21. The Morgan fingerprint density at radius 1 is 1.37 bits per heavy atom. The van der Waals surface area contributed by atoms with Gasteiger partial charge in [-0.1, -0.05) is 39.5 Å². The molecule has 108 valence electrons. The molecule has 1 aromatic heterocycles. The molecule has 1 N–H and O–H groups in total. The molecule has 0 saturated heterocycles. The lowest BCUT2D eigenvalue weighted by Crippen LogP contribution is -2.24. The Bertz CT molecular complexity index is 377. The van der Waals surface area contributed by atoms with E-state index in [4.69, 9.17) is 0 Å². The van der Waals surface area contributed by atoms with Crippen molar-refractivity contribution in [2.75, 3.05) is 6.54 Å². The number of nitrogens with one attached hydrogen (secondary N) is 1. The highest BCUT2D eigenvalue weighted by atomic mass is 15.3. The van der Waals surface area contributed by atoms with Crippen LogP contribution >= 0.6 is 0 Å². The maximum atomic E-state index is 4.61. The van der Waals surface area contributed by atoms with E-state index >= 15 is 0 Å². The SMILES string of the molecule is CCCNC(CC1CCCC1)c1cn(C)nc1CC. The quantitative estimate of drug-likeness (QED) is 0.814. The second-order valence-electron chi connectivity index (χ2n) is 5.95. The molecule has 0 spiro atoms. The van der Waals surface area contributed by atoms with E-state index in [1.807, 2.05) is 11.7 Å². The van der Waals surface area contributed by atoms with Gasteiger partial charge in [0.05, 0.1) is 5.69 Å². The molecule has 0 amide bonds. The molecular weight excluding hydrogens is 234 g/mol. The van der Waals surface area contributed by atoms with Gasteiger partial charge in [0.15, 0.2) is 0 Å². The Balaban J connectivity index is 2.10. The molecule has 19 heavy (non-hydrogen) atoms. The van der Waals surface area contributed by atoms with Crippen LogP contribution in [0.4, 0.5) is 0 Å². The monoisotopic (exact) mass is 263 g/mol. The maximum absolute atomic E-state index is 4.61. The minimum Gasteiger partial charge on any atom is -0.310 e. The van der Waals surface area contributed by atoms with Gasteiger partial charge in [0.2, 0.25) is 0 Å². The number of hydrogen-bond acceptors (Lipinski definition) is 2. The van der Waals surface area contributed by atoms with Crippen LogP contribution in [0.25, 0.3) is 0 Å². The smallest absolute Gasteiger partial charge is 0.0669 e. The van der Waals surface area contributed by atoms with Crippen LogP contribution in [0.1, 0.15) is 69.7 Å². The normalized spacial score (nSPS) is 18.1. The van der Waals surface area contributed by atoms with Crippen molar-refractivity contribution in [1.82, 2.24) is 15.1 Å². The average Bonchev–Trinajstić information content (AvgIpc) is 3.03. The van der Waals surface area contributed by atoms with Gasteiger partial charge in [0.1, 0.15) is 0 Å². The van der Waals surface area contributed by atoms with Gasteiger partial charge in [-0.15, -0.1) is 0 Å². The Morgan fingerprint density at radius 2 is 2.11 bits per heavy atom. The Hall–Kier alpha value is -0.830. The molecule has 3 nitrogen and oxygen atoms in total. The largest absolute Gasteiger partial charge is 0.310 e. The van der Waals surface area contributed by atoms with Gasteiger partial charge < -0.3 is 5.32 Å². The van der Waals surface area contributed by atoms with Gasteiger partial charge in [0.25, 0.3) is 0 Å². The van der Waals surface area contributed by atoms with Crippen LogP contribution in [0.3, 0.4) is 0 Å². The summed E-state index contributed by atoms with van der Waals surface area (Å²) in [6.45, 7) is 5.55. The molecule has 2 rings (SSSR count). The van der Waals surface area contributed by atoms with Crippen LogP contribution in [0.5, 0.6) is 0 Å². The van der Waals surface area contributed by atoms with E-state index in [-0.39, 0.29) is 0 Å². The van der Waals surface area contributed by atoms with Crippen LogP contribution in [-0.4, -0.2) is 16.3 Å². The second-order valence-corrected chi connectivity index (χ2v) is 5.95. The van der Waals surface area contributed by atoms with E-state index in [1.54, 1.807) is 0 Å². The maximum Gasteiger partial charge on any atom is 0.0669 e. The van der Waals surface area contributed by atoms with Crippen molar-refractivity contribution in [3.05, 3.63) is 17.5 Å². The molecule has 1 aromatic rings. The highest BCUT2D eigenvalue weighted by Gasteiger charge is 2.23. The molecule has 1 aliphatic rings. The molecule has 1 atom stereocenters. The lowest BCUT2D eigenvalue weighted by atomic mass is 9.93. The van der Waals surface area contributed by atoms with Crippen molar-refractivity contribution >= 4 is 0 Å². The second kappa shape index (κ2) is 7.09. The van der Waals surface area contributed by atoms with Crippen molar-refractivity contribution < 1.29 is 0 Å². The molecule has 0 aromatic carbocycles. The summed E-state index contributed by atoms with van der Waals surface area (Å²) in [5.74, 6) is 0.916. The van der Waals surface area contributed by atoms with Gasteiger partial charge in [0, 0.05) is 24.8 Å². The predicted octanol–water partition coefficient (Wildman–Crippen LogP) is 3.60. The number of rotatable bonds is 7. The first-order valence-electron chi connectivity index (χ1n) is 8.00. The molecule has 1 unspecified atom stereocenters. The zero-order valence-electron chi connectivity index (χ0n) is 12.8. The van der Waals surface area contributed by atoms with Crippen LogP contribution in [0.15, 0.2) is 6.20 Å². The zero-order valence-corrected chi connectivity index (χ0v) is 12.8. The summed E-state index contributed by atoms with van der Waals surface area (Å²) in [4.78, 5) is 0. The standard InChI is InChI=1S/C16H29N3/c1-4-10-17-16(11-13-8-6-7-9-13)14-12-19(3)18-15(14)5-2/h12-13,16-17H,4-11H2,1-3H3. The Labute approximate surface area is 117 Å². The van der Waals surface area contributed by atoms with E-state index in [1.165, 1.54) is 49.8 Å². The summed E-state index contributed by atoms with van der Waals surface area (Å²) in [6.07, 6.45) is 11.4. The fourth-order valence-corrected chi connectivity index (χ4v) is 3.34. The topological polar surface area (TPSA) is 29.9 Å². The average molecular weight is 263 g/mol. The molecule has 1 heterocycles. The first-order chi connectivity index (χ1) is 9.24. The molecule has 1 saturated carbocycles. The first-order valence-corrected chi connectivity index (χ1v) is 8.00. The molecular formula is C16H29N3. The van der Waals surface area contributed by atoms with Crippen LogP contribution in [-0.2, 0) is 13.5 Å². The summed E-state index contributed by atoms with van der Waals surface area (Å²) in [5.41, 5.74) is 2.71. The summed E-state index contributed by atoms with van der Waals surface area (Å²) in [6, 6.07) is 0.506. The molecule has 1 aliphatic carbocycles. The van der Waals surface area contributed by atoms with Crippen LogP contribution in [0.2, 0.25) is 0 Å². The van der Waals surface area contributed by atoms with E-state index in [9.17, 15) is 0 Å². The van der Waals surface area contributed by atoms with E-state index in [0.717, 1.165) is 18.9 Å². The van der Waals surface area contributed by atoms with E-state index in [0.29, 0.717) is 6.04 Å². The molecule has 0 bridgehead atoms. The number of aryl methyl sites for hydroxylation is 2. The molecule has 3 heteroatoms. The Kier molecular flexibility index (Phi) is 5.44. The molecule has 0 aliphatic heterocycles. The van der Waals surface area contributed by atoms with E-state index in [2.05, 4.69) is 30.5 Å². The van der Waals surface area contributed by atoms with Crippen molar-refractivity contribution in [2.24, 2.45) is 13.0 Å². The van der Waals surface area contributed by atoms with Gasteiger partial charge in [-0.05, 0) is 31.7 Å². The van der Waals surface area contributed by atoms with Crippen LogP contribution in [0, 0.1) is 5.92 Å². The van der Waals surface area contributed by atoms with Crippen molar-refractivity contribution in [3.8, 4) is 0 Å². The molecule has 0 radical (unpaired) electrons. The summed E-state index contributed by atoms with van der Waals surface area (Å²) in [5, 5.41) is 8.36. The van der Waals surface area contributed by atoms with Crippen molar-refractivity contribution in [2.45, 2.75) is 64.8 Å². The summed E-state index contributed by atoms with van der Waals surface area (Å²) < 4.78 is 1.98. The van der Waals surface area contributed by atoms with Gasteiger partial charge >= 0.3 is 0 Å². The molecule has 1 fully saturated rings. The van der Waals surface area contributed by atoms with E-state index < -0.39 is 0 Å². The third-order valence-corrected chi connectivity index (χ3v) is 4.33. The van der Waals surface area contributed by atoms with Gasteiger partial charge in [-0.2, -0.15) is 5.10 Å². The predicted molar refractivity (Wildman–Crippen MR) is 80.2 cm³/mol. The van der Waals surface area contributed by atoms with Gasteiger partial charge in [-0.25, -0.2) is 0 Å². The fraction of sp³-hybridized carbons (Fsp3) is 0.812. The lowest BCUT2D eigenvalue weighted by Gasteiger charge is -2.22. The van der Waals surface area contributed by atoms with Crippen LogP contribution < -0.4 is 5.32 Å². The van der Waals surface area contributed by atoms with Crippen molar-refractivity contribution in [3.63, 3.8) is 0 Å². The fourth-order valence-electron chi connectivity index (χ4n) is 3.34. The lowest BCUT2D eigenvalue weighted by molar-refractivity contribution is 0.393. The third-order valence-electron chi connectivity index (χ3n) is 4.33. The number of aromatic nitrogens is 2. The third kappa shape index (κ3) is 3.82. The summed E-state index contributed by atoms with van der Waals surface area (Å²) >= 11 is 0. The minimum absolute atomic E-state index is 0.506. The summed E-state index contributed by atoms with van der Waals surface area (Å²) in [7, 11) is 2.04. The minimum atomic E-state index is 0.506. The number of nitrogens with zero attached hydrogens (tertiary/aromatic N) is 2. The van der Waals surface area contributed by atoms with Crippen molar-refractivity contribution in [1.29, 1.82) is 0 Å². The highest BCUT2D eigenvalue weighted by Crippen LogP contribution is 2.33. The van der Waals surface area contributed by atoms with Gasteiger partial charge in [-0.3, -0.25) is 4.68 Å². The Morgan fingerprint density at radius 3 is 2.74 bits per heavy atom. The number of hydrogen-bond donors (Lipinski definition) is 1. The zero-order chi connectivity index (χ0) is 13.7. The first kappa shape index (κ1) is 14.6.